The number of rotatable bonds is 3. The number of aromatic amines is 1. The van der Waals surface area contributed by atoms with Crippen LogP contribution in [0.2, 0.25) is 0 Å². The van der Waals surface area contributed by atoms with Gasteiger partial charge in [-0.2, -0.15) is 0 Å². The number of carbonyl (C=O) groups excluding carboxylic acids is 1. The van der Waals surface area contributed by atoms with Gasteiger partial charge in [0.05, 0.1) is 17.4 Å². The molecule has 5 heteroatoms. The van der Waals surface area contributed by atoms with E-state index in [2.05, 4.69) is 15.3 Å². The number of hydrogen-bond acceptors (Lipinski definition) is 3. The summed E-state index contributed by atoms with van der Waals surface area (Å²) in [6.07, 6.45) is 6.16. The van der Waals surface area contributed by atoms with Gasteiger partial charge in [0.15, 0.2) is 0 Å². The molecule has 1 fully saturated rings. The standard InChI is InChI=1S/C15H20N4O/c16-8-11-3-1-2-4-12(11)19-15(20)10-5-6-13-14(7-10)18-9-17-13/h5-7,9,11-12H,1-4,8,16H2,(H,17,18)(H,19,20). The van der Waals surface area contributed by atoms with Gasteiger partial charge in [-0.3, -0.25) is 4.79 Å². The first kappa shape index (κ1) is 13.1. The number of H-pyrrole nitrogens is 1. The second kappa shape index (κ2) is 5.63. The van der Waals surface area contributed by atoms with Gasteiger partial charge in [0.25, 0.3) is 5.91 Å². The van der Waals surface area contributed by atoms with Crippen LogP contribution >= 0.6 is 0 Å². The van der Waals surface area contributed by atoms with E-state index in [1.165, 1.54) is 12.8 Å². The molecule has 1 aromatic heterocycles. The molecule has 0 radical (unpaired) electrons. The third-order valence-electron chi connectivity index (χ3n) is 4.21. The van der Waals surface area contributed by atoms with Crippen molar-refractivity contribution in [1.29, 1.82) is 0 Å². The van der Waals surface area contributed by atoms with Crippen LogP contribution < -0.4 is 11.1 Å². The number of carbonyl (C=O) groups is 1. The largest absolute Gasteiger partial charge is 0.349 e. The maximum atomic E-state index is 12.4. The Kier molecular flexibility index (Phi) is 3.69. The van der Waals surface area contributed by atoms with Gasteiger partial charge < -0.3 is 16.0 Å². The molecule has 0 bridgehead atoms. The normalized spacial score (nSPS) is 22.9. The van der Waals surface area contributed by atoms with Crippen molar-refractivity contribution in [1.82, 2.24) is 15.3 Å². The molecule has 0 spiro atoms. The molecule has 1 saturated carbocycles. The predicted molar refractivity (Wildman–Crippen MR) is 78.4 cm³/mol. The van der Waals surface area contributed by atoms with Crippen LogP contribution in [0, 0.1) is 5.92 Å². The molecule has 0 aliphatic heterocycles. The lowest BCUT2D eigenvalue weighted by Gasteiger charge is -2.31. The van der Waals surface area contributed by atoms with Crippen LogP contribution in [0.25, 0.3) is 11.0 Å². The van der Waals surface area contributed by atoms with Crippen LogP contribution in [0.15, 0.2) is 24.5 Å². The lowest BCUT2D eigenvalue weighted by atomic mass is 9.84. The van der Waals surface area contributed by atoms with E-state index < -0.39 is 0 Å². The van der Waals surface area contributed by atoms with Crippen molar-refractivity contribution < 1.29 is 4.79 Å². The number of fused-ring (bicyclic) bond motifs is 1. The zero-order valence-corrected chi connectivity index (χ0v) is 11.4. The number of amides is 1. The second-order valence-corrected chi connectivity index (χ2v) is 5.49. The molecule has 1 aliphatic rings. The molecule has 1 heterocycles. The molecule has 2 unspecified atom stereocenters. The first-order valence-corrected chi connectivity index (χ1v) is 7.22. The summed E-state index contributed by atoms with van der Waals surface area (Å²) in [5.74, 6) is 0.385. The van der Waals surface area contributed by atoms with E-state index in [1.807, 2.05) is 18.2 Å². The molecule has 1 aliphatic carbocycles. The summed E-state index contributed by atoms with van der Waals surface area (Å²) >= 11 is 0. The van der Waals surface area contributed by atoms with Gasteiger partial charge >= 0.3 is 0 Å². The third kappa shape index (κ3) is 2.54. The second-order valence-electron chi connectivity index (χ2n) is 5.49. The van der Waals surface area contributed by atoms with Crippen LogP contribution in [0.3, 0.4) is 0 Å². The number of nitrogens with two attached hydrogens (primary N) is 1. The van der Waals surface area contributed by atoms with E-state index in [0.717, 1.165) is 23.9 Å². The highest BCUT2D eigenvalue weighted by Crippen LogP contribution is 2.24. The van der Waals surface area contributed by atoms with Gasteiger partial charge in [-0.25, -0.2) is 4.98 Å². The summed E-state index contributed by atoms with van der Waals surface area (Å²) in [4.78, 5) is 19.5. The van der Waals surface area contributed by atoms with Crippen molar-refractivity contribution in [3.8, 4) is 0 Å². The molecule has 20 heavy (non-hydrogen) atoms. The Balaban J connectivity index is 1.74. The zero-order valence-electron chi connectivity index (χ0n) is 11.4. The number of nitrogens with zero attached hydrogens (tertiary/aromatic N) is 1. The molecular weight excluding hydrogens is 252 g/mol. The van der Waals surface area contributed by atoms with E-state index in [1.54, 1.807) is 6.33 Å². The van der Waals surface area contributed by atoms with Gasteiger partial charge in [-0.15, -0.1) is 0 Å². The Hall–Kier alpha value is -1.88. The summed E-state index contributed by atoms with van der Waals surface area (Å²) in [6.45, 7) is 0.643. The Morgan fingerprint density at radius 1 is 1.40 bits per heavy atom. The molecular formula is C15H20N4O. The fourth-order valence-electron chi connectivity index (χ4n) is 3.01. The fraction of sp³-hybridized carbons (Fsp3) is 0.467. The lowest BCUT2D eigenvalue weighted by molar-refractivity contribution is 0.0908. The first-order valence-electron chi connectivity index (χ1n) is 7.22. The number of imidazole rings is 1. The van der Waals surface area contributed by atoms with Crippen molar-refractivity contribution >= 4 is 16.9 Å². The maximum Gasteiger partial charge on any atom is 0.251 e. The van der Waals surface area contributed by atoms with Crippen LogP contribution in [-0.4, -0.2) is 28.5 Å². The average Bonchev–Trinajstić information content (AvgIpc) is 2.95. The fourth-order valence-corrected chi connectivity index (χ4v) is 3.01. The number of hydrogen-bond donors (Lipinski definition) is 3. The van der Waals surface area contributed by atoms with Crippen molar-refractivity contribution in [3.05, 3.63) is 30.1 Å². The topological polar surface area (TPSA) is 83.8 Å². The van der Waals surface area contributed by atoms with Gasteiger partial charge in [0.2, 0.25) is 0 Å². The molecule has 0 saturated heterocycles. The van der Waals surface area contributed by atoms with E-state index >= 15 is 0 Å². The first-order chi connectivity index (χ1) is 9.78. The Morgan fingerprint density at radius 3 is 3.10 bits per heavy atom. The SMILES string of the molecule is NCC1CCCCC1NC(=O)c1ccc2nc[nH]c2c1. The Bertz CT molecular complexity index is 607. The van der Waals surface area contributed by atoms with Crippen LogP contribution in [0.4, 0.5) is 0 Å². The Morgan fingerprint density at radius 2 is 2.25 bits per heavy atom. The predicted octanol–water partition coefficient (Wildman–Crippen LogP) is 1.81. The van der Waals surface area contributed by atoms with Gasteiger partial charge in [-0.1, -0.05) is 12.8 Å². The zero-order chi connectivity index (χ0) is 13.9. The molecule has 106 valence electrons. The molecule has 1 aromatic carbocycles. The summed E-state index contributed by atoms with van der Waals surface area (Å²) in [5.41, 5.74) is 8.23. The molecule has 3 rings (SSSR count). The van der Waals surface area contributed by atoms with Crippen molar-refractivity contribution in [2.24, 2.45) is 11.7 Å². The van der Waals surface area contributed by atoms with E-state index in [-0.39, 0.29) is 11.9 Å². The molecule has 5 nitrogen and oxygen atoms in total. The van der Waals surface area contributed by atoms with E-state index in [9.17, 15) is 4.79 Å². The maximum absolute atomic E-state index is 12.4. The molecule has 1 amide bonds. The quantitative estimate of drug-likeness (QED) is 0.796. The van der Waals surface area contributed by atoms with Crippen LogP contribution in [0.5, 0.6) is 0 Å². The minimum atomic E-state index is -0.0214. The van der Waals surface area contributed by atoms with Crippen LogP contribution in [0.1, 0.15) is 36.0 Å². The summed E-state index contributed by atoms with van der Waals surface area (Å²) in [6, 6.07) is 5.73. The van der Waals surface area contributed by atoms with E-state index in [0.29, 0.717) is 18.0 Å². The van der Waals surface area contributed by atoms with Crippen molar-refractivity contribution in [3.63, 3.8) is 0 Å². The number of benzene rings is 1. The van der Waals surface area contributed by atoms with Crippen LogP contribution in [-0.2, 0) is 0 Å². The number of nitrogens with one attached hydrogen (secondary N) is 2. The minimum Gasteiger partial charge on any atom is -0.349 e. The van der Waals surface area contributed by atoms with E-state index in [4.69, 9.17) is 5.73 Å². The van der Waals surface area contributed by atoms with Crippen molar-refractivity contribution in [2.45, 2.75) is 31.7 Å². The summed E-state index contributed by atoms with van der Waals surface area (Å²) < 4.78 is 0. The lowest BCUT2D eigenvalue weighted by Crippen LogP contribution is -2.44. The monoisotopic (exact) mass is 272 g/mol. The average molecular weight is 272 g/mol. The molecule has 2 aromatic rings. The molecule has 2 atom stereocenters. The summed E-state index contributed by atoms with van der Waals surface area (Å²) in [7, 11) is 0. The minimum absolute atomic E-state index is 0.0214. The highest BCUT2D eigenvalue weighted by molar-refractivity contribution is 5.97. The van der Waals surface area contributed by atoms with Gasteiger partial charge in [0, 0.05) is 11.6 Å². The highest BCUT2D eigenvalue weighted by atomic mass is 16.1. The van der Waals surface area contributed by atoms with Gasteiger partial charge in [0.1, 0.15) is 0 Å². The third-order valence-corrected chi connectivity index (χ3v) is 4.21. The molecule has 4 N–H and O–H groups in total. The highest BCUT2D eigenvalue weighted by Gasteiger charge is 2.25. The smallest absolute Gasteiger partial charge is 0.251 e. The van der Waals surface area contributed by atoms with Gasteiger partial charge in [-0.05, 0) is 43.5 Å². The Labute approximate surface area is 118 Å². The summed E-state index contributed by atoms with van der Waals surface area (Å²) in [5, 5.41) is 3.14. The number of aromatic nitrogens is 2. The van der Waals surface area contributed by atoms with Crippen molar-refractivity contribution in [2.75, 3.05) is 6.54 Å².